The van der Waals surface area contributed by atoms with Crippen LogP contribution < -0.4 is 5.32 Å². The van der Waals surface area contributed by atoms with Crippen molar-refractivity contribution in [3.8, 4) is 11.4 Å². The van der Waals surface area contributed by atoms with Gasteiger partial charge in [0.15, 0.2) is 11.0 Å². The zero-order chi connectivity index (χ0) is 16.9. The van der Waals surface area contributed by atoms with Gasteiger partial charge < -0.3 is 10.1 Å². The number of thioether (sulfide) groups is 1. The van der Waals surface area contributed by atoms with E-state index < -0.39 is 0 Å². The van der Waals surface area contributed by atoms with Crippen molar-refractivity contribution < 1.29 is 9.53 Å². The molecule has 1 aliphatic carbocycles. The van der Waals surface area contributed by atoms with Gasteiger partial charge in [0.25, 0.3) is 0 Å². The van der Waals surface area contributed by atoms with Gasteiger partial charge >= 0.3 is 0 Å². The molecule has 128 valence electrons. The lowest BCUT2D eigenvalue weighted by molar-refractivity contribution is -0.120. The van der Waals surface area contributed by atoms with Crippen molar-refractivity contribution in [1.29, 1.82) is 0 Å². The van der Waals surface area contributed by atoms with E-state index in [0.29, 0.717) is 19.2 Å². The lowest BCUT2D eigenvalue weighted by Crippen LogP contribution is -2.33. The highest BCUT2D eigenvalue weighted by atomic mass is 32.2. The van der Waals surface area contributed by atoms with Crippen LogP contribution in [0.15, 0.2) is 29.7 Å². The summed E-state index contributed by atoms with van der Waals surface area (Å²) in [5.74, 6) is 0.797. The van der Waals surface area contributed by atoms with Gasteiger partial charge in [0.2, 0.25) is 5.91 Å². The lowest BCUT2D eigenvalue weighted by Gasteiger charge is -2.13. The SMILES string of the molecule is COCCNC(=O)[C@@H](C)Sc1nnc(-c2cccnc2)n1C1CC1. The highest BCUT2D eigenvalue weighted by molar-refractivity contribution is 8.00. The minimum absolute atomic E-state index is 0.0228. The molecular formula is C16H21N5O2S. The first-order valence-corrected chi connectivity index (χ1v) is 8.87. The Hall–Kier alpha value is -1.93. The van der Waals surface area contributed by atoms with Gasteiger partial charge in [0.05, 0.1) is 11.9 Å². The standard InChI is InChI=1S/C16H21N5O2S/c1-11(15(22)18-8-9-23-2)24-16-20-19-14(21(16)13-5-6-13)12-4-3-7-17-10-12/h3-4,7,10-11,13H,5-6,8-9H2,1-2H3,(H,18,22)/t11-/m1/s1. The van der Waals surface area contributed by atoms with E-state index in [1.807, 2.05) is 19.1 Å². The largest absolute Gasteiger partial charge is 0.383 e. The Morgan fingerprint density at radius 3 is 3.00 bits per heavy atom. The number of aromatic nitrogens is 4. The number of hydrogen-bond acceptors (Lipinski definition) is 6. The molecule has 2 heterocycles. The van der Waals surface area contributed by atoms with Crippen molar-refractivity contribution in [3.63, 3.8) is 0 Å². The molecule has 1 fully saturated rings. The van der Waals surface area contributed by atoms with Crippen LogP contribution in [0.2, 0.25) is 0 Å². The van der Waals surface area contributed by atoms with Crippen molar-refractivity contribution >= 4 is 17.7 Å². The first kappa shape index (κ1) is 16.9. The Morgan fingerprint density at radius 2 is 2.33 bits per heavy atom. The second-order valence-electron chi connectivity index (χ2n) is 5.69. The van der Waals surface area contributed by atoms with E-state index in [1.165, 1.54) is 11.8 Å². The van der Waals surface area contributed by atoms with Crippen molar-refractivity contribution in [1.82, 2.24) is 25.1 Å². The number of nitrogens with zero attached hydrogens (tertiary/aromatic N) is 4. The van der Waals surface area contributed by atoms with E-state index in [-0.39, 0.29) is 11.2 Å². The number of carbonyl (C=O) groups is 1. The van der Waals surface area contributed by atoms with Gasteiger partial charge in [-0.1, -0.05) is 11.8 Å². The minimum Gasteiger partial charge on any atom is -0.383 e. The zero-order valence-electron chi connectivity index (χ0n) is 13.8. The van der Waals surface area contributed by atoms with E-state index in [4.69, 9.17) is 4.74 Å². The molecule has 0 unspecified atom stereocenters. The van der Waals surface area contributed by atoms with Crippen LogP contribution in [0, 0.1) is 0 Å². The van der Waals surface area contributed by atoms with Crippen LogP contribution in [0.5, 0.6) is 0 Å². The molecule has 0 aliphatic heterocycles. The fourth-order valence-corrected chi connectivity index (χ4v) is 3.29. The second-order valence-corrected chi connectivity index (χ2v) is 7.00. The van der Waals surface area contributed by atoms with Crippen LogP contribution >= 0.6 is 11.8 Å². The molecular weight excluding hydrogens is 326 g/mol. The fraction of sp³-hybridized carbons (Fsp3) is 0.500. The van der Waals surface area contributed by atoms with Gasteiger partial charge in [-0.3, -0.25) is 14.3 Å². The molecule has 1 aliphatic rings. The van der Waals surface area contributed by atoms with Crippen molar-refractivity contribution in [3.05, 3.63) is 24.5 Å². The Bertz CT molecular complexity index is 687. The summed E-state index contributed by atoms with van der Waals surface area (Å²) in [5.41, 5.74) is 0.945. The highest BCUT2D eigenvalue weighted by Gasteiger charge is 2.31. The molecule has 24 heavy (non-hydrogen) atoms. The summed E-state index contributed by atoms with van der Waals surface area (Å²) >= 11 is 1.44. The molecule has 1 amide bonds. The Morgan fingerprint density at radius 1 is 1.50 bits per heavy atom. The molecule has 2 aromatic rings. The number of pyridine rings is 1. The molecule has 8 heteroatoms. The van der Waals surface area contributed by atoms with Crippen LogP contribution in [0.4, 0.5) is 0 Å². The van der Waals surface area contributed by atoms with Crippen molar-refractivity contribution in [2.24, 2.45) is 0 Å². The summed E-state index contributed by atoms with van der Waals surface area (Å²) in [6.07, 6.45) is 5.77. The third kappa shape index (κ3) is 3.93. The van der Waals surface area contributed by atoms with Crippen LogP contribution in [0.3, 0.4) is 0 Å². The number of methoxy groups -OCH3 is 1. The van der Waals surface area contributed by atoms with E-state index in [9.17, 15) is 4.79 Å². The summed E-state index contributed by atoms with van der Waals surface area (Å²) in [4.78, 5) is 16.3. The predicted octanol–water partition coefficient (Wildman–Crippen LogP) is 1.92. The molecule has 1 N–H and O–H groups in total. The summed E-state index contributed by atoms with van der Waals surface area (Å²) in [5, 5.41) is 12.0. The second kappa shape index (κ2) is 7.76. The monoisotopic (exact) mass is 347 g/mol. The number of nitrogens with one attached hydrogen (secondary N) is 1. The Kier molecular flexibility index (Phi) is 5.47. The molecule has 0 saturated heterocycles. The average molecular weight is 347 g/mol. The van der Waals surface area contributed by atoms with Gasteiger partial charge in [-0.2, -0.15) is 0 Å². The van der Waals surface area contributed by atoms with Gasteiger partial charge in [-0.05, 0) is 31.9 Å². The number of rotatable bonds is 8. The molecule has 0 bridgehead atoms. The van der Waals surface area contributed by atoms with Crippen molar-refractivity contribution in [2.75, 3.05) is 20.3 Å². The normalized spacial score (nSPS) is 15.2. The van der Waals surface area contributed by atoms with Gasteiger partial charge in [-0.25, -0.2) is 0 Å². The maximum atomic E-state index is 12.1. The minimum atomic E-state index is -0.245. The van der Waals surface area contributed by atoms with Gasteiger partial charge in [0, 0.05) is 37.7 Å². The molecule has 0 aromatic carbocycles. The fourth-order valence-electron chi connectivity index (χ4n) is 2.34. The average Bonchev–Trinajstić information content (AvgIpc) is 3.36. The van der Waals surface area contributed by atoms with Gasteiger partial charge in [-0.15, -0.1) is 10.2 Å². The number of carbonyl (C=O) groups excluding carboxylic acids is 1. The lowest BCUT2D eigenvalue weighted by atomic mass is 10.3. The predicted molar refractivity (Wildman–Crippen MR) is 91.7 cm³/mol. The van der Waals surface area contributed by atoms with Crippen LogP contribution in [0.25, 0.3) is 11.4 Å². The molecule has 1 saturated carbocycles. The molecule has 7 nitrogen and oxygen atoms in total. The van der Waals surface area contributed by atoms with E-state index in [2.05, 4.69) is 25.1 Å². The third-order valence-corrected chi connectivity index (χ3v) is 4.81. The molecule has 0 spiro atoms. The van der Waals surface area contributed by atoms with E-state index in [0.717, 1.165) is 29.4 Å². The first-order chi connectivity index (χ1) is 11.7. The van der Waals surface area contributed by atoms with Crippen molar-refractivity contribution in [2.45, 2.75) is 36.2 Å². The maximum absolute atomic E-state index is 12.1. The summed E-state index contributed by atoms with van der Waals surface area (Å²) < 4.78 is 7.09. The summed E-state index contributed by atoms with van der Waals surface area (Å²) in [7, 11) is 1.61. The van der Waals surface area contributed by atoms with E-state index >= 15 is 0 Å². The summed E-state index contributed by atoms with van der Waals surface area (Å²) in [6, 6.07) is 4.28. The number of hydrogen-bond donors (Lipinski definition) is 1. The van der Waals surface area contributed by atoms with Gasteiger partial charge in [0.1, 0.15) is 0 Å². The first-order valence-electron chi connectivity index (χ1n) is 7.99. The third-order valence-electron chi connectivity index (χ3n) is 3.75. The smallest absolute Gasteiger partial charge is 0.233 e. The molecule has 3 rings (SSSR count). The maximum Gasteiger partial charge on any atom is 0.233 e. The van der Waals surface area contributed by atoms with Crippen LogP contribution in [-0.2, 0) is 9.53 Å². The molecule has 0 radical (unpaired) electrons. The Balaban J connectivity index is 1.74. The highest BCUT2D eigenvalue weighted by Crippen LogP contribution is 2.41. The summed E-state index contributed by atoms with van der Waals surface area (Å²) in [6.45, 7) is 2.89. The topological polar surface area (TPSA) is 81.9 Å². The van der Waals surface area contributed by atoms with Crippen LogP contribution in [0.1, 0.15) is 25.8 Å². The number of ether oxygens (including phenoxy) is 1. The molecule has 2 aromatic heterocycles. The Labute approximate surface area is 145 Å². The zero-order valence-corrected chi connectivity index (χ0v) is 14.6. The quantitative estimate of drug-likeness (QED) is 0.580. The molecule has 1 atom stereocenters. The van der Waals surface area contributed by atoms with Crippen LogP contribution in [-0.4, -0.2) is 51.2 Å². The van der Waals surface area contributed by atoms with E-state index in [1.54, 1.807) is 19.5 Å². The number of amides is 1.